The number of carboxylic acid groups (broad SMARTS) is 1. The van der Waals surface area contributed by atoms with Crippen molar-refractivity contribution in [2.24, 2.45) is 0 Å². The third kappa shape index (κ3) is 3.41. The number of carbonyl (C=O) groups excluding carboxylic acids is 1. The maximum atomic E-state index is 12.2. The molecule has 0 bridgehead atoms. The molecular formula is C17H13ClN2O5. The van der Waals surface area contributed by atoms with Crippen LogP contribution in [0, 0.1) is 6.92 Å². The minimum absolute atomic E-state index is 0.00727. The van der Waals surface area contributed by atoms with Gasteiger partial charge < -0.3 is 14.8 Å². The Morgan fingerprint density at radius 1 is 1.24 bits per heavy atom. The van der Waals surface area contributed by atoms with E-state index in [0.717, 1.165) is 10.1 Å². The molecule has 3 rings (SSSR count). The number of carboxylic acids is 1. The van der Waals surface area contributed by atoms with Gasteiger partial charge in [-0.05, 0) is 42.8 Å². The topological polar surface area (TPSA) is 102 Å². The molecule has 0 aliphatic rings. The molecule has 0 saturated heterocycles. The van der Waals surface area contributed by atoms with E-state index in [1.807, 2.05) is 6.92 Å². The number of aromatic nitrogens is 1. The number of nitrogens with zero attached hydrogens (tertiary/aromatic N) is 1. The number of aromatic carboxylic acids is 1. The number of fused-ring (bicyclic) bond motifs is 1. The first-order valence-corrected chi connectivity index (χ1v) is 7.65. The van der Waals surface area contributed by atoms with Crippen LogP contribution >= 0.6 is 11.6 Å². The molecule has 1 aromatic heterocycles. The number of amides is 1. The first-order valence-electron chi connectivity index (χ1n) is 7.28. The first kappa shape index (κ1) is 16.8. The highest BCUT2D eigenvalue weighted by Gasteiger charge is 2.15. The Hall–Kier alpha value is -3.06. The van der Waals surface area contributed by atoms with E-state index >= 15 is 0 Å². The normalized spacial score (nSPS) is 10.8. The number of halogens is 1. The number of benzene rings is 2. The van der Waals surface area contributed by atoms with Crippen LogP contribution in [-0.4, -0.2) is 21.6 Å². The smallest absolute Gasteiger partial charge is 0.420 e. The highest BCUT2D eigenvalue weighted by molar-refractivity contribution is 6.31. The van der Waals surface area contributed by atoms with Gasteiger partial charge in [-0.25, -0.2) is 9.59 Å². The highest BCUT2D eigenvalue weighted by Crippen LogP contribution is 2.20. The number of oxazole rings is 1. The van der Waals surface area contributed by atoms with Gasteiger partial charge in [-0.15, -0.1) is 0 Å². The second kappa shape index (κ2) is 6.45. The van der Waals surface area contributed by atoms with Crippen LogP contribution in [0.1, 0.15) is 15.9 Å². The summed E-state index contributed by atoms with van der Waals surface area (Å²) in [4.78, 5) is 35.1. The lowest BCUT2D eigenvalue weighted by molar-refractivity contribution is -0.116. The van der Waals surface area contributed by atoms with Crippen LogP contribution in [0.4, 0.5) is 5.69 Å². The molecule has 1 amide bonds. The van der Waals surface area contributed by atoms with Gasteiger partial charge in [0.05, 0.1) is 11.1 Å². The van der Waals surface area contributed by atoms with Crippen LogP contribution < -0.4 is 11.1 Å². The summed E-state index contributed by atoms with van der Waals surface area (Å²) in [6.07, 6.45) is 0. The lowest BCUT2D eigenvalue weighted by atomic mass is 10.2. The number of rotatable bonds is 4. The van der Waals surface area contributed by atoms with Crippen molar-refractivity contribution < 1.29 is 19.1 Å². The third-order valence-corrected chi connectivity index (χ3v) is 4.08. The van der Waals surface area contributed by atoms with Gasteiger partial charge in [0.15, 0.2) is 5.58 Å². The summed E-state index contributed by atoms with van der Waals surface area (Å²) >= 11 is 6.01. The van der Waals surface area contributed by atoms with Crippen molar-refractivity contribution in [1.82, 2.24) is 4.57 Å². The Bertz CT molecular complexity index is 1050. The molecule has 3 aromatic rings. The molecule has 1 heterocycles. The molecule has 8 heteroatoms. The first-order chi connectivity index (χ1) is 11.8. The van der Waals surface area contributed by atoms with Crippen LogP contribution in [0.2, 0.25) is 5.02 Å². The number of hydrogen-bond acceptors (Lipinski definition) is 4. The zero-order chi connectivity index (χ0) is 18.1. The van der Waals surface area contributed by atoms with Crippen molar-refractivity contribution in [3.63, 3.8) is 0 Å². The van der Waals surface area contributed by atoms with E-state index in [0.29, 0.717) is 16.2 Å². The van der Waals surface area contributed by atoms with E-state index in [2.05, 4.69) is 5.32 Å². The molecule has 0 atom stereocenters. The average molecular weight is 361 g/mol. The molecule has 0 unspecified atom stereocenters. The summed E-state index contributed by atoms with van der Waals surface area (Å²) in [6.45, 7) is 1.57. The summed E-state index contributed by atoms with van der Waals surface area (Å²) in [5, 5.41) is 12.1. The Balaban J connectivity index is 1.85. The van der Waals surface area contributed by atoms with Gasteiger partial charge in [0.25, 0.3) is 0 Å². The molecule has 0 saturated carbocycles. The molecule has 0 radical (unpaired) electrons. The number of nitrogens with one attached hydrogen (secondary N) is 1. The van der Waals surface area contributed by atoms with Gasteiger partial charge in [-0.1, -0.05) is 17.7 Å². The Morgan fingerprint density at radius 2 is 2.00 bits per heavy atom. The SMILES string of the molecule is Cc1ccc(NC(=O)Cn2c(=O)oc3cc(C(=O)O)ccc32)cc1Cl. The molecule has 25 heavy (non-hydrogen) atoms. The lowest BCUT2D eigenvalue weighted by Gasteiger charge is -2.07. The summed E-state index contributed by atoms with van der Waals surface area (Å²) in [5.41, 5.74) is 1.83. The van der Waals surface area contributed by atoms with E-state index in [1.54, 1.807) is 18.2 Å². The van der Waals surface area contributed by atoms with Gasteiger partial charge in [-0.3, -0.25) is 9.36 Å². The largest absolute Gasteiger partial charge is 0.478 e. The fourth-order valence-electron chi connectivity index (χ4n) is 2.36. The van der Waals surface area contributed by atoms with Crippen LogP contribution in [0.15, 0.2) is 45.6 Å². The number of aryl methyl sites for hydroxylation is 1. The van der Waals surface area contributed by atoms with Gasteiger partial charge in [0.1, 0.15) is 6.54 Å². The van der Waals surface area contributed by atoms with Crippen molar-refractivity contribution in [3.05, 3.63) is 63.1 Å². The Kier molecular flexibility index (Phi) is 4.33. The van der Waals surface area contributed by atoms with Crippen LogP contribution in [0.3, 0.4) is 0 Å². The molecule has 128 valence electrons. The molecule has 2 N–H and O–H groups in total. The second-order valence-electron chi connectivity index (χ2n) is 5.45. The molecule has 0 fully saturated rings. The van der Waals surface area contributed by atoms with E-state index in [9.17, 15) is 14.4 Å². The van der Waals surface area contributed by atoms with Crippen LogP contribution in [0.5, 0.6) is 0 Å². The Morgan fingerprint density at radius 3 is 2.68 bits per heavy atom. The minimum Gasteiger partial charge on any atom is -0.478 e. The molecule has 2 aromatic carbocycles. The maximum Gasteiger partial charge on any atom is 0.420 e. The molecule has 0 spiro atoms. The third-order valence-electron chi connectivity index (χ3n) is 3.67. The predicted octanol–water partition coefficient (Wildman–Crippen LogP) is 2.89. The van der Waals surface area contributed by atoms with E-state index < -0.39 is 17.6 Å². The van der Waals surface area contributed by atoms with E-state index in [4.69, 9.17) is 21.1 Å². The fourth-order valence-corrected chi connectivity index (χ4v) is 2.54. The maximum absolute atomic E-state index is 12.2. The van der Waals surface area contributed by atoms with Crippen molar-refractivity contribution in [2.45, 2.75) is 13.5 Å². The summed E-state index contributed by atoms with van der Waals surface area (Å²) in [7, 11) is 0. The number of carbonyl (C=O) groups is 2. The van der Waals surface area contributed by atoms with Crippen LogP contribution in [-0.2, 0) is 11.3 Å². The monoisotopic (exact) mass is 360 g/mol. The number of hydrogen-bond donors (Lipinski definition) is 2. The standard InChI is InChI=1S/C17H13ClN2O5/c1-9-2-4-11(7-12(9)18)19-15(21)8-20-13-5-3-10(16(22)23)6-14(13)25-17(20)24/h2-7H,8H2,1H3,(H,19,21)(H,22,23). The zero-order valence-corrected chi connectivity index (χ0v) is 13.8. The summed E-state index contributed by atoms with van der Waals surface area (Å²) in [5.74, 6) is -2.31. The van der Waals surface area contributed by atoms with Crippen molar-refractivity contribution in [3.8, 4) is 0 Å². The van der Waals surface area contributed by atoms with Crippen molar-refractivity contribution in [2.75, 3.05) is 5.32 Å². The average Bonchev–Trinajstić information content (AvgIpc) is 2.86. The summed E-state index contributed by atoms with van der Waals surface area (Å²) in [6, 6.07) is 9.10. The molecule has 0 aliphatic carbocycles. The molecular weight excluding hydrogens is 348 g/mol. The van der Waals surface area contributed by atoms with E-state index in [-0.39, 0.29) is 17.7 Å². The van der Waals surface area contributed by atoms with Gasteiger partial charge in [-0.2, -0.15) is 0 Å². The van der Waals surface area contributed by atoms with Crippen molar-refractivity contribution >= 4 is 40.3 Å². The van der Waals surface area contributed by atoms with Gasteiger partial charge >= 0.3 is 11.7 Å². The quantitative estimate of drug-likeness (QED) is 0.744. The lowest BCUT2D eigenvalue weighted by Crippen LogP contribution is -2.24. The number of anilines is 1. The second-order valence-corrected chi connectivity index (χ2v) is 5.86. The van der Waals surface area contributed by atoms with E-state index in [1.165, 1.54) is 18.2 Å². The van der Waals surface area contributed by atoms with Gasteiger partial charge in [0.2, 0.25) is 5.91 Å². The minimum atomic E-state index is -1.13. The molecule has 7 nitrogen and oxygen atoms in total. The summed E-state index contributed by atoms with van der Waals surface area (Å²) < 4.78 is 6.15. The van der Waals surface area contributed by atoms with Crippen LogP contribution in [0.25, 0.3) is 11.1 Å². The highest BCUT2D eigenvalue weighted by atomic mass is 35.5. The fraction of sp³-hybridized carbons (Fsp3) is 0.118. The zero-order valence-electron chi connectivity index (χ0n) is 13.1. The van der Waals surface area contributed by atoms with Crippen molar-refractivity contribution in [1.29, 1.82) is 0 Å². The molecule has 0 aliphatic heterocycles. The predicted molar refractivity (Wildman–Crippen MR) is 92.3 cm³/mol. The Labute approximate surface area is 146 Å². The van der Waals surface area contributed by atoms with Gasteiger partial charge in [0, 0.05) is 10.7 Å².